The average molecular weight is 328 g/mol. The van der Waals surface area contributed by atoms with Gasteiger partial charge in [-0.2, -0.15) is 0 Å². The molecule has 0 saturated heterocycles. The van der Waals surface area contributed by atoms with Crippen LogP contribution in [0.25, 0.3) is 12.2 Å². The molecule has 1 N–H and O–H groups in total. The van der Waals surface area contributed by atoms with Gasteiger partial charge in [0.15, 0.2) is 0 Å². The minimum absolute atomic E-state index is 0.0474. The highest BCUT2D eigenvalue weighted by molar-refractivity contribution is 5.71. The number of carboxylic acid groups (broad SMARTS) is 1. The van der Waals surface area contributed by atoms with Crippen LogP contribution in [-0.2, 0) is 4.79 Å². The third kappa shape index (κ3) is 5.35. The van der Waals surface area contributed by atoms with Gasteiger partial charge in [0.05, 0.1) is 27.2 Å². The summed E-state index contributed by atoms with van der Waals surface area (Å²) in [4.78, 5) is 10.6. The number of methoxy groups -OCH3 is 2. The zero-order chi connectivity index (χ0) is 17.4. The Kier molecular flexibility index (Phi) is 6.25. The molecule has 0 amide bonds. The van der Waals surface area contributed by atoms with Crippen molar-refractivity contribution in [1.82, 2.24) is 0 Å². The fourth-order valence-corrected chi connectivity index (χ4v) is 2.05. The molecule has 0 aliphatic rings. The highest BCUT2D eigenvalue weighted by Crippen LogP contribution is 2.24. The lowest BCUT2D eigenvalue weighted by molar-refractivity contribution is -0.137. The predicted octanol–water partition coefficient (Wildman–Crippen LogP) is 3.73. The van der Waals surface area contributed by atoms with Gasteiger partial charge in [-0.15, -0.1) is 0 Å². The average Bonchev–Trinajstić information content (AvgIpc) is 2.60. The molecule has 0 bridgehead atoms. The molecule has 0 aliphatic carbocycles. The van der Waals surface area contributed by atoms with Crippen molar-refractivity contribution < 1.29 is 24.1 Å². The zero-order valence-electron chi connectivity index (χ0n) is 13.7. The summed E-state index contributed by atoms with van der Waals surface area (Å²) in [5.41, 5.74) is 1.93. The summed E-state index contributed by atoms with van der Waals surface area (Å²) in [7, 11) is 3.21. The molecule has 0 spiro atoms. The molecule has 0 atom stereocenters. The Morgan fingerprint density at radius 2 is 1.54 bits per heavy atom. The SMILES string of the molecule is COc1ccc(/C=C/c2cc(OC)cc(OCCC(=O)O)c2)cc1. The van der Waals surface area contributed by atoms with E-state index in [-0.39, 0.29) is 13.0 Å². The van der Waals surface area contributed by atoms with Crippen molar-refractivity contribution >= 4 is 18.1 Å². The van der Waals surface area contributed by atoms with E-state index in [2.05, 4.69) is 0 Å². The standard InChI is InChI=1S/C19H20O5/c1-22-16-7-5-14(6-8-16)3-4-15-11-17(23-2)13-18(12-15)24-10-9-19(20)21/h3-8,11-13H,9-10H2,1-2H3,(H,20,21)/b4-3+. The van der Waals surface area contributed by atoms with Crippen LogP contribution >= 0.6 is 0 Å². The Labute approximate surface area is 141 Å². The summed E-state index contributed by atoms with van der Waals surface area (Å²) in [6.07, 6.45) is 3.86. The maximum atomic E-state index is 10.6. The van der Waals surface area contributed by atoms with Crippen LogP contribution in [0.15, 0.2) is 42.5 Å². The van der Waals surface area contributed by atoms with Gasteiger partial charge < -0.3 is 19.3 Å². The van der Waals surface area contributed by atoms with Crippen molar-refractivity contribution in [1.29, 1.82) is 0 Å². The number of hydrogen-bond acceptors (Lipinski definition) is 4. The van der Waals surface area contributed by atoms with Gasteiger partial charge in [0.1, 0.15) is 17.2 Å². The van der Waals surface area contributed by atoms with E-state index in [4.69, 9.17) is 19.3 Å². The molecule has 0 aromatic heterocycles. The summed E-state index contributed by atoms with van der Waals surface area (Å²) in [6, 6.07) is 13.2. The van der Waals surface area contributed by atoms with E-state index in [0.29, 0.717) is 11.5 Å². The number of ether oxygens (including phenoxy) is 3. The van der Waals surface area contributed by atoms with Gasteiger partial charge in [-0.05, 0) is 35.4 Å². The van der Waals surface area contributed by atoms with Gasteiger partial charge in [-0.1, -0.05) is 24.3 Å². The first-order valence-corrected chi connectivity index (χ1v) is 7.46. The van der Waals surface area contributed by atoms with E-state index < -0.39 is 5.97 Å². The van der Waals surface area contributed by atoms with Gasteiger partial charge in [0.2, 0.25) is 0 Å². The summed E-state index contributed by atoms with van der Waals surface area (Å²) >= 11 is 0. The van der Waals surface area contributed by atoms with Gasteiger partial charge in [-0.25, -0.2) is 0 Å². The molecular weight excluding hydrogens is 308 g/mol. The van der Waals surface area contributed by atoms with Crippen LogP contribution in [0.3, 0.4) is 0 Å². The molecule has 2 rings (SSSR count). The van der Waals surface area contributed by atoms with Crippen LogP contribution in [0.1, 0.15) is 17.5 Å². The van der Waals surface area contributed by atoms with Crippen molar-refractivity contribution in [2.75, 3.05) is 20.8 Å². The first-order valence-electron chi connectivity index (χ1n) is 7.46. The molecule has 0 saturated carbocycles. The van der Waals surface area contributed by atoms with E-state index in [9.17, 15) is 4.79 Å². The highest BCUT2D eigenvalue weighted by Gasteiger charge is 2.03. The molecule has 0 radical (unpaired) electrons. The van der Waals surface area contributed by atoms with Crippen molar-refractivity contribution in [3.05, 3.63) is 53.6 Å². The molecular formula is C19H20O5. The van der Waals surface area contributed by atoms with Crippen LogP contribution < -0.4 is 14.2 Å². The van der Waals surface area contributed by atoms with Crippen LogP contribution in [0, 0.1) is 0 Å². The minimum Gasteiger partial charge on any atom is -0.497 e. The van der Waals surface area contributed by atoms with Crippen LogP contribution in [0.4, 0.5) is 0 Å². The highest BCUT2D eigenvalue weighted by atomic mass is 16.5. The maximum Gasteiger partial charge on any atom is 0.306 e. The lowest BCUT2D eigenvalue weighted by atomic mass is 10.1. The van der Waals surface area contributed by atoms with Crippen LogP contribution in [0.5, 0.6) is 17.2 Å². The van der Waals surface area contributed by atoms with Crippen molar-refractivity contribution in [3.8, 4) is 17.2 Å². The number of aliphatic carboxylic acids is 1. The fourth-order valence-electron chi connectivity index (χ4n) is 2.05. The van der Waals surface area contributed by atoms with Gasteiger partial charge in [0, 0.05) is 6.07 Å². The fraction of sp³-hybridized carbons (Fsp3) is 0.211. The zero-order valence-corrected chi connectivity index (χ0v) is 13.7. The van der Waals surface area contributed by atoms with E-state index in [1.54, 1.807) is 20.3 Å². The molecule has 5 nitrogen and oxygen atoms in total. The number of carbonyl (C=O) groups is 1. The lowest BCUT2D eigenvalue weighted by Crippen LogP contribution is -2.04. The molecule has 0 fully saturated rings. The molecule has 2 aromatic carbocycles. The number of rotatable bonds is 8. The Bertz CT molecular complexity index is 704. The Hall–Kier alpha value is -2.95. The van der Waals surface area contributed by atoms with Gasteiger partial charge in [0.25, 0.3) is 0 Å². The summed E-state index contributed by atoms with van der Waals surface area (Å²) in [5.74, 6) is 1.14. The number of hydrogen-bond donors (Lipinski definition) is 1. The molecule has 24 heavy (non-hydrogen) atoms. The van der Waals surface area contributed by atoms with E-state index in [0.717, 1.165) is 16.9 Å². The third-order valence-electron chi connectivity index (χ3n) is 3.31. The van der Waals surface area contributed by atoms with Crippen molar-refractivity contribution in [3.63, 3.8) is 0 Å². The minimum atomic E-state index is -0.891. The first-order chi connectivity index (χ1) is 11.6. The van der Waals surface area contributed by atoms with Crippen LogP contribution in [-0.4, -0.2) is 31.9 Å². The number of carboxylic acids is 1. The van der Waals surface area contributed by atoms with Crippen LogP contribution in [0.2, 0.25) is 0 Å². The second-order valence-corrected chi connectivity index (χ2v) is 5.04. The molecule has 0 aliphatic heterocycles. The molecule has 126 valence electrons. The first kappa shape index (κ1) is 17.4. The van der Waals surface area contributed by atoms with Crippen molar-refractivity contribution in [2.45, 2.75) is 6.42 Å². The summed E-state index contributed by atoms with van der Waals surface area (Å²) < 4.78 is 15.9. The maximum absolute atomic E-state index is 10.6. The monoisotopic (exact) mass is 328 g/mol. The summed E-state index contributed by atoms with van der Waals surface area (Å²) in [6.45, 7) is 0.115. The second-order valence-electron chi connectivity index (χ2n) is 5.04. The number of benzene rings is 2. The Morgan fingerprint density at radius 1 is 0.917 bits per heavy atom. The normalized spacial score (nSPS) is 10.6. The molecule has 0 unspecified atom stereocenters. The summed E-state index contributed by atoms with van der Waals surface area (Å²) in [5, 5.41) is 8.67. The molecule has 5 heteroatoms. The topological polar surface area (TPSA) is 65.0 Å². The quantitative estimate of drug-likeness (QED) is 0.748. The predicted molar refractivity (Wildman–Crippen MR) is 92.7 cm³/mol. The largest absolute Gasteiger partial charge is 0.497 e. The van der Waals surface area contributed by atoms with Gasteiger partial charge >= 0.3 is 5.97 Å². The van der Waals surface area contributed by atoms with Gasteiger partial charge in [-0.3, -0.25) is 4.79 Å². The lowest BCUT2D eigenvalue weighted by Gasteiger charge is -2.08. The second kappa shape index (κ2) is 8.62. The van der Waals surface area contributed by atoms with E-state index in [1.165, 1.54) is 0 Å². The van der Waals surface area contributed by atoms with E-state index in [1.807, 2.05) is 48.6 Å². The smallest absolute Gasteiger partial charge is 0.306 e. The third-order valence-corrected chi connectivity index (χ3v) is 3.31. The Balaban J connectivity index is 2.12. The molecule has 2 aromatic rings. The van der Waals surface area contributed by atoms with Crippen molar-refractivity contribution in [2.24, 2.45) is 0 Å². The molecule has 0 heterocycles. The van der Waals surface area contributed by atoms with E-state index >= 15 is 0 Å². The Morgan fingerprint density at radius 3 is 2.17 bits per heavy atom.